The molecule has 0 aliphatic heterocycles. The number of aryl methyl sites for hydroxylation is 1. The first-order chi connectivity index (χ1) is 8.61. The maximum absolute atomic E-state index is 4.22. The Labute approximate surface area is 111 Å². The Morgan fingerprint density at radius 2 is 2.17 bits per heavy atom. The second-order valence-corrected chi connectivity index (χ2v) is 5.39. The molecule has 2 aromatic heterocycles. The predicted molar refractivity (Wildman–Crippen MR) is 70.5 cm³/mol. The average Bonchev–Trinajstić information content (AvgIpc) is 2.94. The highest BCUT2D eigenvalue weighted by Gasteiger charge is 2.21. The van der Waals surface area contributed by atoms with Crippen molar-refractivity contribution in [3.8, 4) is 0 Å². The van der Waals surface area contributed by atoms with E-state index in [-0.39, 0.29) is 6.04 Å². The van der Waals surface area contributed by atoms with Crippen molar-refractivity contribution in [1.82, 2.24) is 29.9 Å². The first-order valence-electron chi connectivity index (χ1n) is 5.96. The van der Waals surface area contributed by atoms with Crippen molar-refractivity contribution in [3.05, 3.63) is 22.5 Å². The predicted octanol–water partition coefficient (Wildman–Crippen LogP) is 1.29. The molecule has 0 aromatic carbocycles. The molecule has 0 bridgehead atoms. The van der Waals surface area contributed by atoms with Gasteiger partial charge >= 0.3 is 0 Å². The molecule has 1 N–H and O–H groups in total. The van der Waals surface area contributed by atoms with Crippen LogP contribution in [0.1, 0.15) is 42.1 Å². The smallest absolute Gasteiger partial charge is 0.0846 e. The van der Waals surface area contributed by atoms with Gasteiger partial charge in [-0.25, -0.2) is 0 Å². The molecule has 2 heterocycles. The largest absolute Gasteiger partial charge is 0.312 e. The Hall–Kier alpha value is -1.34. The monoisotopic (exact) mass is 266 g/mol. The van der Waals surface area contributed by atoms with E-state index in [0.717, 1.165) is 17.8 Å². The second-order valence-electron chi connectivity index (χ2n) is 4.61. The van der Waals surface area contributed by atoms with Crippen LogP contribution in [0.25, 0.3) is 0 Å². The van der Waals surface area contributed by atoms with Crippen LogP contribution >= 0.6 is 11.5 Å². The molecular formula is C11H18N6S. The zero-order chi connectivity index (χ0) is 13.1. The summed E-state index contributed by atoms with van der Waals surface area (Å²) in [6.07, 6.45) is 2.74. The van der Waals surface area contributed by atoms with Gasteiger partial charge in [0.1, 0.15) is 0 Å². The average molecular weight is 266 g/mol. The highest BCUT2D eigenvalue weighted by Crippen LogP contribution is 2.27. The molecule has 0 spiro atoms. The summed E-state index contributed by atoms with van der Waals surface area (Å²) in [5.41, 5.74) is 2.04. The molecule has 0 radical (unpaired) electrons. The summed E-state index contributed by atoms with van der Waals surface area (Å²) in [7, 11) is 3.82. The van der Waals surface area contributed by atoms with Crippen LogP contribution in [-0.2, 0) is 13.5 Å². The van der Waals surface area contributed by atoms with Gasteiger partial charge in [-0.3, -0.25) is 4.68 Å². The molecular weight excluding hydrogens is 248 g/mol. The number of aromatic nitrogens is 5. The van der Waals surface area contributed by atoms with Crippen LogP contribution in [-0.4, -0.2) is 31.6 Å². The van der Waals surface area contributed by atoms with E-state index in [2.05, 4.69) is 39.1 Å². The summed E-state index contributed by atoms with van der Waals surface area (Å²) in [5, 5.41) is 15.6. The van der Waals surface area contributed by atoms with Gasteiger partial charge < -0.3 is 5.32 Å². The van der Waals surface area contributed by atoms with E-state index in [1.165, 1.54) is 16.4 Å². The van der Waals surface area contributed by atoms with E-state index in [1.807, 2.05) is 20.3 Å². The van der Waals surface area contributed by atoms with Gasteiger partial charge in [0.2, 0.25) is 0 Å². The molecule has 0 fully saturated rings. The number of likely N-dealkylation sites (N-methyl/N-ethyl adjacent to an activating group) is 1. The van der Waals surface area contributed by atoms with Gasteiger partial charge in [0.25, 0.3) is 0 Å². The highest BCUT2D eigenvalue weighted by molar-refractivity contribution is 7.05. The van der Waals surface area contributed by atoms with Crippen LogP contribution in [0.5, 0.6) is 0 Å². The lowest BCUT2D eigenvalue weighted by Gasteiger charge is -2.14. The summed E-state index contributed by atoms with van der Waals surface area (Å²) in [6.45, 7) is 4.27. The maximum Gasteiger partial charge on any atom is 0.0846 e. The molecule has 18 heavy (non-hydrogen) atoms. The van der Waals surface area contributed by atoms with Crippen LogP contribution in [0.3, 0.4) is 0 Å². The van der Waals surface area contributed by atoms with Gasteiger partial charge in [0.05, 0.1) is 22.3 Å². The first-order valence-corrected chi connectivity index (χ1v) is 6.73. The van der Waals surface area contributed by atoms with E-state index in [4.69, 9.17) is 0 Å². The molecule has 0 aliphatic rings. The minimum Gasteiger partial charge on any atom is -0.312 e. The number of hydrogen-bond donors (Lipinski definition) is 1. The van der Waals surface area contributed by atoms with Crippen molar-refractivity contribution < 1.29 is 0 Å². The van der Waals surface area contributed by atoms with Crippen LogP contribution in [0.15, 0.2) is 6.20 Å². The lowest BCUT2D eigenvalue weighted by Crippen LogP contribution is -2.19. The zero-order valence-electron chi connectivity index (χ0n) is 11.1. The van der Waals surface area contributed by atoms with Crippen molar-refractivity contribution in [1.29, 1.82) is 0 Å². The number of rotatable bonds is 5. The molecule has 7 heteroatoms. The van der Waals surface area contributed by atoms with Gasteiger partial charge in [-0.1, -0.05) is 23.5 Å². The molecule has 6 nitrogen and oxygen atoms in total. The quantitative estimate of drug-likeness (QED) is 0.883. The van der Waals surface area contributed by atoms with E-state index < -0.39 is 0 Å². The Kier molecular flexibility index (Phi) is 4.03. The standard InChI is InChI=1S/C11H18N6S/c1-7(2)10-11(18-16-14-10)9(12-3)5-8-6-17(4)15-13-8/h6-7,9,12H,5H2,1-4H3. The first kappa shape index (κ1) is 13.1. The highest BCUT2D eigenvalue weighted by atomic mass is 32.1. The fraction of sp³-hybridized carbons (Fsp3) is 0.636. The van der Waals surface area contributed by atoms with Gasteiger partial charge in [0.15, 0.2) is 0 Å². The van der Waals surface area contributed by atoms with E-state index in [0.29, 0.717) is 5.92 Å². The Morgan fingerprint density at radius 1 is 1.39 bits per heavy atom. The van der Waals surface area contributed by atoms with E-state index in [1.54, 1.807) is 4.68 Å². The fourth-order valence-electron chi connectivity index (χ4n) is 1.87. The topological polar surface area (TPSA) is 68.5 Å². The Balaban J connectivity index is 2.20. The van der Waals surface area contributed by atoms with Crippen LogP contribution in [0.2, 0.25) is 0 Å². The van der Waals surface area contributed by atoms with Gasteiger partial charge in [0, 0.05) is 19.7 Å². The fourth-order valence-corrected chi connectivity index (χ4v) is 2.79. The molecule has 2 rings (SSSR count). The normalized spacial score (nSPS) is 13.2. The van der Waals surface area contributed by atoms with Crippen molar-refractivity contribution in [2.75, 3.05) is 7.05 Å². The van der Waals surface area contributed by atoms with Crippen molar-refractivity contribution in [2.45, 2.75) is 32.2 Å². The lowest BCUT2D eigenvalue weighted by molar-refractivity contribution is 0.581. The number of nitrogens with one attached hydrogen (secondary N) is 1. The Morgan fingerprint density at radius 3 is 2.72 bits per heavy atom. The van der Waals surface area contributed by atoms with E-state index in [9.17, 15) is 0 Å². The maximum atomic E-state index is 4.22. The zero-order valence-corrected chi connectivity index (χ0v) is 11.9. The second kappa shape index (κ2) is 5.53. The molecule has 0 saturated carbocycles. The molecule has 0 aliphatic carbocycles. The minimum absolute atomic E-state index is 0.194. The van der Waals surface area contributed by atoms with E-state index >= 15 is 0 Å². The molecule has 0 saturated heterocycles. The third-order valence-corrected chi connectivity index (χ3v) is 3.67. The molecule has 2 aromatic rings. The SMILES string of the molecule is CNC(Cc1cn(C)nn1)c1snnc1C(C)C. The summed E-state index contributed by atoms with van der Waals surface area (Å²) < 4.78 is 5.79. The lowest BCUT2D eigenvalue weighted by atomic mass is 10.0. The summed E-state index contributed by atoms with van der Waals surface area (Å²) >= 11 is 1.46. The van der Waals surface area contributed by atoms with Crippen LogP contribution in [0.4, 0.5) is 0 Å². The number of nitrogens with zero attached hydrogens (tertiary/aromatic N) is 5. The van der Waals surface area contributed by atoms with Crippen molar-refractivity contribution in [3.63, 3.8) is 0 Å². The molecule has 1 atom stereocenters. The van der Waals surface area contributed by atoms with Gasteiger partial charge in [-0.2, -0.15) is 0 Å². The minimum atomic E-state index is 0.194. The van der Waals surface area contributed by atoms with Crippen LogP contribution < -0.4 is 5.32 Å². The van der Waals surface area contributed by atoms with Crippen molar-refractivity contribution in [2.24, 2.45) is 7.05 Å². The molecule has 98 valence electrons. The molecule has 0 amide bonds. The summed E-state index contributed by atoms with van der Waals surface area (Å²) in [4.78, 5) is 1.19. The summed E-state index contributed by atoms with van der Waals surface area (Å²) in [6, 6.07) is 0.194. The van der Waals surface area contributed by atoms with Crippen LogP contribution in [0, 0.1) is 0 Å². The third kappa shape index (κ3) is 2.73. The summed E-state index contributed by atoms with van der Waals surface area (Å²) in [5.74, 6) is 0.386. The number of hydrogen-bond acceptors (Lipinski definition) is 6. The van der Waals surface area contributed by atoms with Gasteiger partial charge in [-0.05, 0) is 24.5 Å². The third-order valence-electron chi connectivity index (χ3n) is 2.82. The van der Waals surface area contributed by atoms with Crippen molar-refractivity contribution >= 4 is 11.5 Å². The molecule has 1 unspecified atom stereocenters. The Bertz CT molecular complexity index is 503. The van der Waals surface area contributed by atoms with Gasteiger partial charge in [-0.15, -0.1) is 10.2 Å².